The van der Waals surface area contributed by atoms with Gasteiger partial charge in [-0.2, -0.15) is 0 Å². The number of carbonyl (C=O) groups is 2. The summed E-state index contributed by atoms with van der Waals surface area (Å²) in [5.41, 5.74) is 0.552. The third-order valence-corrected chi connectivity index (χ3v) is 3.42. The third-order valence-electron chi connectivity index (χ3n) is 2.77. The Bertz CT molecular complexity index is 509. The Balaban J connectivity index is 2.62. The predicted molar refractivity (Wildman–Crippen MR) is 79.9 cm³/mol. The summed E-state index contributed by atoms with van der Waals surface area (Å²) in [5.74, 6) is -1.90. The molecular weight excluding hydrogens is 301 g/mol. The van der Waals surface area contributed by atoms with Gasteiger partial charge in [-0.25, -0.2) is 0 Å². The molecule has 0 saturated heterocycles. The maximum atomic E-state index is 11.6. The summed E-state index contributed by atoms with van der Waals surface area (Å²) in [7, 11) is 0. The van der Waals surface area contributed by atoms with Crippen LogP contribution in [0.4, 0.5) is 0 Å². The summed E-state index contributed by atoms with van der Waals surface area (Å²) in [6.45, 7) is 1.84. The molecule has 4 nitrogen and oxygen atoms in total. The SMILES string of the molecule is CCC(CNC(=O)C=Cc1c(Cl)cccc1Cl)C(=O)O. The number of hydrogen-bond donors (Lipinski definition) is 2. The van der Waals surface area contributed by atoms with Gasteiger partial charge in [-0.1, -0.05) is 36.2 Å². The second kappa shape index (κ2) is 7.92. The fourth-order valence-corrected chi connectivity index (χ4v) is 2.04. The first-order chi connectivity index (χ1) is 9.45. The molecule has 1 aromatic carbocycles. The van der Waals surface area contributed by atoms with E-state index in [0.717, 1.165) is 0 Å². The first-order valence-electron chi connectivity index (χ1n) is 6.08. The number of amides is 1. The van der Waals surface area contributed by atoms with Gasteiger partial charge in [-0.05, 0) is 24.6 Å². The molecule has 0 saturated carbocycles. The highest BCUT2D eigenvalue weighted by molar-refractivity contribution is 6.37. The Morgan fingerprint density at radius 2 is 1.95 bits per heavy atom. The van der Waals surface area contributed by atoms with Crippen LogP contribution in [-0.4, -0.2) is 23.5 Å². The summed E-state index contributed by atoms with van der Waals surface area (Å²) in [6, 6.07) is 5.05. The fraction of sp³-hybridized carbons (Fsp3) is 0.286. The Hall–Kier alpha value is -1.52. The molecule has 20 heavy (non-hydrogen) atoms. The molecule has 0 radical (unpaired) electrons. The van der Waals surface area contributed by atoms with Crippen LogP contribution >= 0.6 is 23.2 Å². The normalized spacial score (nSPS) is 12.3. The van der Waals surface area contributed by atoms with Crippen molar-refractivity contribution in [1.82, 2.24) is 5.32 Å². The van der Waals surface area contributed by atoms with Crippen LogP contribution in [0.15, 0.2) is 24.3 Å². The van der Waals surface area contributed by atoms with Crippen LogP contribution in [0.2, 0.25) is 10.0 Å². The van der Waals surface area contributed by atoms with E-state index in [4.69, 9.17) is 28.3 Å². The first-order valence-corrected chi connectivity index (χ1v) is 6.84. The van der Waals surface area contributed by atoms with Crippen LogP contribution in [-0.2, 0) is 9.59 Å². The van der Waals surface area contributed by atoms with Crippen LogP contribution in [0.25, 0.3) is 6.08 Å². The maximum Gasteiger partial charge on any atom is 0.308 e. The number of hydrogen-bond acceptors (Lipinski definition) is 2. The molecule has 6 heteroatoms. The topological polar surface area (TPSA) is 66.4 Å². The van der Waals surface area contributed by atoms with Crippen LogP contribution in [0, 0.1) is 5.92 Å². The molecule has 108 valence electrons. The monoisotopic (exact) mass is 315 g/mol. The average Bonchev–Trinajstić information content (AvgIpc) is 2.38. The Labute approximate surface area is 127 Å². The molecule has 0 aliphatic rings. The second-order valence-electron chi connectivity index (χ2n) is 4.16. The standard InChI is InChI=1S/C14H15Cl2NO3/c1-2-9(14(19)20)8-17-13(18)7-6-10-11(15)4-3-5-12(10)16/h3-7,9H,2,8H2,1H3,(H,17,18)(H,19,20). The van der Waals surface area contributed by atoms with E-state index in [1.165, 1.54) is 12.2 Å². The van der Waals surface area contributed by atoms with Crippen molar-refractivity contribution in [2.24, 2.45) is 5.92 Å². The molecular formula is C14H15Cl2NO3. The molecule has 2 N–H and O–H groups in total. The van der Waals surface area contributed by atoms with Crippen molar-refractivity contribution in [3.8, 4) is 0 Å². The fourth-order valence-electron chi connectivity index (χ4n) is 1.52. The van der Waals surface area contributed by atoms with Crippen molar-refractivity contribution in [2.75, 3.05) is 6.54 Å². The number of aliphatic carboxylic acids is 1. The lowest BCUT2D eigenvalue weighted by Gasteiger charge is -2.09. The summed E-state index contributed by atoms with van der Waals surface area (Å²) >= 11 is 11.9. The molecule has 0 spiro atoms. The van der Waals surface area contributed by atoms with Gasteiger partial charge in [0.05, 0.1) is 5.92 Å². The van der Waals surface area contributed by atoms with Crippen molar-refractivity contribution in [3.63, 3.8) is 0 Å². The van der Waals surface area contributed by atoms with Crippen molar-refractivity contribution >= 4 is 41.2 Å². The second-order valence-corrected chi connectivity index (χ2v) is 4.97. The first kappa shape index (κ1) is 16.5. The van der Waals surface area contributed by atoms with Crippen LogP contribution < -0.4 is 5.32 Å². The summed E-state index contributed by atoms with van der Waals surface area (Å²) < 4.78 is 0. The molecule has 0 aromatic heterocycles. The van der Waals surface area contributed by atoms with Gasteiger partial charge in [-0.3, -0.25) is 9.59 Å². The van der Waals surface area contributed by atoms with Crippen LogP contribution in [0.3, 0.4) is 0 Å². The number of nitrogens with one attached hydrogen (secondary N) is 1. The van der Waals surface area contributed by atoms with Crippen LogP contribution in [0.1, 0.15) is 18.9 Å². The molecule has 0 fully saturated rings. The Kier molecular flexibility index (Phi) is 6.55. The maximum absolute atomic E-state index is 11.6. The molecule has 1 unspecified atom stereocenters. The van der Waals surface area contributed by atoms with E-state index in [0.29, 0.717) is 22.0 Å². The number of carboxylic acids is 1. The van der Waals surface area contributed by atoms with E-state index in [-0.39, 0.29) is 12.5 Å². The van der Waals surface area contributed by atoms with E-state index in [1.807, 2.05) is 0 Å². The van der Waals surface area contributed by atoms with E-state index in [2.05, 4.69) is 5.32 Å². The summed E-state index contributed by atoms with van der Waals surface area (Å²) in [5, 5.41) is 12.3. The number of carboxylic acid groups (broad SMARTS) is 1. The quantitative estimate of drug-likeness (QED) is 0.792. The molecule has 0 heterocycles. The molecule has 1 atom stereocenters. The lowest BCUT2D eigenvalue weighted by molar-refractivity contribution is -0.141. The van der Waals surface area contributed by atoms with E-state index < -0.39 is 11.9 Å². The molecule has 1 rings (SSSR count). The molecule has 0 aliphatic carbocycles. The summed E-state index contributed by atoms with van der Waals surface area (Å²) in [4.78, 5) is 22.4. The Morgan fingerprint density at radius 3 is 2.45 bits per heavy atom. The molecule has 1 amide bonds. The molecule has 0 bridgehead atoms. The number of carbonyl (C=O) groups excluding carboxylic acids is 1. The van der Waals surface area contributed by atoms with Gasteiger partial charge in [0.15, 0.2) is 0 Å². The summed E-state index contributed by atoms with van der Waals surface area (Å²) in [6.07, 6.45) is 3.24. The molecule has 0 aliphatic heterocycles. The van der Waals surface area contributed by atoms with Gasteiger partial charge in [0.1, 0.15) is 0 Å². The van der Waals surface area contributed by atoms with Gasteiger partial charge < -0.3 is 10.4 Å². The minimum Gasteiger partial charge on any atom is -0.481 e. The zero-order chi connectivity index (χ0) is 15.1. The minimum atomic E-state index is -0.925. The lowest BCUT2D eigenvalue weighted by Crippen LogP contribution is -2.31. The van der Waals surface area contributed by atoms with E-state index in [1.54, 1.807) is 25.1 Å². The highest BCUT2D eigenvalue weighted by atomic mass is 35.5. The number of halogens is 2. The van der Waals surface area contributed by atoms with Crippen molar-refractivity contribution < 1.29 is 14.7 Å². The minimum absolute atomic E-state index is 0.0886. The van der Waals surface area contributed by atoms with Gasteiger partial charge in [0.25, 0.3) is 0 Å². The van der Waals surface area contributed by atoms with Crippen molar-refractivity contribution in [1.29, 1.82) is 0 Å². The highest BCUT2D eigenvalue weighted by Crippen LogP contribution is 2.25. The van der Waals surface area contributed by atoms with Crippen LogP contribution in [0.5, 0.6) is 0 Å². The van der Waals surface area contributed by atoms with Gasteiger partial charge in [0, 0.05) is 28.2 Å². The van der Waals surface area contributed by atoms with Gasteiger partial charge in [0.2, 0.25) is 5.91 Å². The van der Waals surface area contributed by atoms with Crippen molar-refractivity contribution in [2.45, 2.75) is 13.3 Å². The molecule has 1 aromatic rings. The zero-order valence-corrected chi connectivity index (χ0v) is 12.4. The van der Waals surface area contributed by atoms with E-state index in [9.17, 15) is 9.59 Å². The van der Waals surface area contributed by atoms with Crippen molar-refractivity contribution in [3.05, 3.63) is 39.9 Å². The number of rotatable bonds is 6. The third kappa shape index (κ3) is 4.87. The van der Waals surface area contributed by atoms with Gasteiger partial charge in [-0.15, -0.1) is 0 Å². The largest absolute Gasteiger partial charge is 0.481 e. The average molecular weight is 316 g/mol. The van der Waals surface area contributed by atoms with E-state index >= 15 is 0 Å². The zero-order valence-electron chi connectivity index (χ0n) is 10.9. The lowest BCUT2D eigenvalue weighted by atomic mass is 10.1. The smallest absolute Gasteiger partial charge is 0.308 e. The highest BCUT2D eigenvalue weighted by Gasteiger charge is 2.15. The number of benzene rings is 1. The Morgan fingerprint density at radius 1 is 1.35 bits per heavy atom. The predicted octanol–water partition coefficient (Wildman–Crippen LogP) is 3.23. The van der Waals surface area contributed by atoms with Gasteiger partial charge >= 0.3 is 5.97 Å².